The molecule has 0 aliphatic heterocycles. The summed E-state index contributed by atoms with van der Waals surface area (Å²) in [7, 11) is 0. The number of hydrogen-bond acceptors (Lipinski definition) is 4. The van der Waals surface area contributed by atoms with E-state index in [0.717, 1.165) is 24.2 Å². The Labute approximate surface area is 177 Å². The van der Waals surface area contributed by atoms with Crippen LogP contribution in [0.4, 0.5) is 11.4 Å². The smallest absolute Gasteiger partial charge is 0.294 e. The normalized spacial score (nSPS) is 12.9. The van der Waals surface area contributed by atoms with Gasteiger partial charge in [0.05, 0.1) is 12.5 Å². The van der Waals surface area contributed by atoms with E-state index >= 15 is 0 Å². The highest BCUT2D eigenvalue weighted by atomic mass is 16.3. The predicted octanol–water partition coefficient (Wildman–Crippen LogP) is 5.76. The SMILES string of the molecule is CCC(C)N(C(=O)c1ccco1)c1ccc(N(C(=O)c2ccco2)C(C)CC)cc1. The van der Waals surface area contributed by atoms with Crippen LogP contribution in [0.25, 0.3) is 0 Å². The van der Waals surface area contributed by atoms with E-state index in [1.54, 1.807) is 34.1 Å². The first-order valence-corrected chi connectivity index (χ1v) is 10.3. The van der Waals surface area contributed by atoms with Gasteiger partial charge in [-0.15, -0.1) is 0 Å². The molecule has 2 aromatic heterocycles. The van der Waals surface area contributed by atoms with Crippen LogP contribution < -0.4 is 9.80 Å². The summed E-state index contributed by atoms with van der Waals surface area (Å²) >= 11 is 0. The summed E-state index contributed by atoms with van der Waals surface area (Å²) in [6.45, 7) is 8.07. The van der Waals surface area contributed by atoms with Crippen LogP contribution in [0.2, 0.25) is 0 Å². The van der Waals surface area contributed by atoms with Crippen LogP contribution in [-0.4, -0.2) is 23.9 Å². The van der Waals surface area contributed by atoms with Crippen molar-refractivity contribution in [1.82, 2.24) is 0 Å². The lowest BCUT2D eigenvalue weighted by Crippen LogP contribution is -2.39. The van der Waals surface area contributed by atoms with Gasteiger partial charge in [-0.25, -0.2) is 0 Å². The molecule has 0 saturated heterocycles. The van der Waals surface area contributed by atoms with E-state index in [2.05, 4.69) is 0 Å². The molecule has 2 atom stereocenters. The lowest BCUT2D eigenvalue weighted by Gasteiger charge is -2.30. The first-order valence-electron chi connectivity index (χ1n) is 10.3. The molecule has 0 N–H and O–H groups in total. The molecule has 0 spiro atoms. The molecular weight excluding hydrogens is 380 g/mol. The molecule has 0 aliphatic rings. The number of hydrogen-bond donors (Lipinski definition) is 0. The molecule has 2 unspecified atom stereocenters. The molecule has 2 amide bonds. The molecule has 6 nitrogen and oxygen atoms in total. The van der Waals surface area contributed by atoms with Crippen molar-refractivity contribution in [2.24, 2.45) is 0 Å². The summed E-state index contributed by atoms with van der Waals surface area (Å²) in [5, 5.41) is 0. The number of rotatable bonds is 8. The van der Waals surface area contributed by atoms with E-state index < -0.39 is 0 Å². The van der Waals surface area contributed by atoms with Crippen molar-refractivity contribution >= 4 is 23.2 Å². The van der Waals surface area contributed by atoms with Crippen LogP contribution in [0.15, 0.2) is 69.9 Å². The Balaban J connectivity index is 1.93. The summed E-state index contributed by atoms with van der Waals surface area (Å²) in [5.74, 6) is 0.224. The van der Waals surface area contributed by atoms with Gasteiger partial charge in [-0.2, -0.15) is 0 Å². The van der Waals surface area contributed by atoms with E-state index in [-0.39, 0.29) is 23.9 Å². The molecule has 158 valence electrons. The topological polar surface area (TPSA) is 66.9 Å². The second-order valence-electron chi connectivity index (χ2n) is 7.34. The lowest BCUT2D eigenvalue weighted by molar-refractivity contribution is 0.0943. The largest absolute Gasteiger partial charge is 0.459 e. The maximum absolute atomic E-state index is 13.0. The minimum absolute atomic E-state index is 0.0103. The van der Waals surface area contributed by atoms with E-state index in [4.69, 9.17) is 8.83 Å². The van der Waals surface area contributed by atoms with Crippen molar-refractivity contribution in [3.05, 3.63) is 72.6 Å². The summed E-state index contributed by atoms with van der Waals surface area (Å²) < 4.78 is 10.6. The van der Waals surface area contributed by atoms with Crippen LogP contribution in [0.1, 0.15) is 61.6 Å². The van der Waals surface area contributed by atoms with Gasteiger partial charge in [-0.3, -0.25) is 9.59 Å². The first kappa shape index (κ1) is 21.4. The van der Waals surface area contributed by atoms with Gasteiger partial charge in [0, 0.05) is 23.5 Å². The zero-order chi connectivity index (χ0) is 21.7. The van der Waals surface area contributed by atoms with E-state index in [0.29, 0.717) is 11.5 Å². The number of benzene rings is 1. The molecule has 0 bridgehead atoms. The van der Waals surface area contributed by atoms with E-state index in [9.17, 15) is 9.59 Å². The van der Waals surface area contributed by atoms with E-state index in [1.807, 2.05) is 52.0 Å². The predicted molar refractivity (Wildman–Crippen MR) is 117 cm³/mol. The number of carbonyl (C=O) groups excluding carboxylic acids is 2. The third-order valence-corrected chi connectivity index (χ3v) is 5.37. The van der Waals surface area contributed by atoms with Gasteiger partial charge >= 0.3 is 0 Å². The average molecular weight is 408 g/mol. The minimum Gasteiger partial charge on any atom is -0.459 e. The molecule has 0 fully saturated rings. The van der Waals surface area contributed by atoms with Crippen molar-refractivity contribution in [3.63, 3.8) is 0 Å². The molecule has 1 aromatic carbocycles. The van der Waals surface area contributed by atoms with Gasteiger partial charge in [0.2, 0.25) is 0 Å². The average Bonchev–Trinajstić information content (AvgIpc) is 3.48. The Bertz CT molecular complexity index is 867. The van der Waals surface area contributed by atoms with Crippen molar-refractivity contribution in [2.45, 2.75) is 52.6 Å². The van der Waals surface area contributed by atoms with Gasteiger partial charge in [-0.1, -0.05) is 13.8 Å². The molecule has 0 radical (unpaired) electrons. The van der Waals surface area contributed by atoms with Crippen LogP contribution in [0.5, 0.6) is 0 Å². The van der Waals surface area contributed by atoms with Crippen LogP contribution in [0.3, 0.4) is 0 Å². The Morgan fingerprint density at radius 1 is 0.733 bits per heavy atom. The highest BCUT2D eigenvalue weighted by Crippen LogP contribution is 2.28. The summed E-state index contributed by atoms with van der Waals surface area (Å²) in [6, 6.07) is 14.2. The first-order chi connectivity index (χ1) is 14.5. The van der Waals surface area contributed by atoms with Gasteiger partial charge in [0.15, 0.2) is 11.5 Å². The van der Waals surface area contributed by atoms with Crippen molar-refractivity contribution in [1.29, 1.82) is 0 Å². The van der Waals surface area contributed by atoms with Crippen LogP contribution in [0, 0.1) is 0 Å². The van der Waals surface area contributed by atoms with Gasteiger partial charge in [0.1, 0.15) is 0 Å². The maximum atomic E-state index is 13.0. The second kappa shape index (κ2) is 9.48. The number of nitrogens with zero attached hydrogens (tertiary/aromatic N) is 2. The van der Waals surface area contributed by atoms with Crippen molar-refractivity contribution in [2.75, 3.05) is 9.80 Å². The highest BCUT2D eigenvalue weighted by molar-refractivity contribution is 6.06. The third kappa shape index (κ3) is 4.32. The second-order valence-corrected chi connectivity index (χ2v) is 7.34. The van der Waals surface area contributed by atoms with Crippen molar-refractivity contribution < 1.29 is 18.4 Å². The Morgan fingerprint density at radius 3 is 1.37 bits per heavy atom. The summed E-state index contributed by atoms with van der Waals surface area (Å²) in [4.78, 5) is 29.5. The zero-order valence-electron chi connectivity index (χ0n) is 17.9. The Morgan fingerprint density at radius 2 is 1.10 bits per heavy atom. The lowest BCUT2D eigenvalue weighted by atomic mass is 10.1. The van der Waals surface area contributed by atoms with E-state index in [1.165, 1.54) is 12.5 Å². The minimum atomic E-state index is -0.187. The molecule has 2 heterocycles. The van der Waals surface area contributed by atoms with Crippen molar-refractivity contribution in [3.8, 4) is 0 Å². The molecule has 6 heteroatoms. The molecule has 3 rings (SSSR count). The molecule has 0 aliphatic carbocycles. The van der Waals surface area contributed by atoms with Gasteiger partial charge in [-0.05, 0) is 75.2 Å². The van der Waals surface area contributed by atoms with Gasteiger partial charge in [0.25, 0.3) is 11.8 Å². The Hall–Kier alpha value is -3.28. The molecule has 30 heavy (non-hydrogen) atoms. The fourth-order valence-electron chi connectivity index (χ4n) is 3.32. The van der Waals surface area contributed by atoms with Crippen LogP contribution >= 0.6 is 0 Å². The highest BCUT2D eigenvalue weighted by Gasteiger charge is 2.27. The fourth-order valence-corrected chi connectivity index (χ4v) is 3.32. The third-order valence-electron chi connectivity index (χ3n) is 5.37. The fraction of sp³-hybridized carbons (Fsp3) is 0.333. The number of amides is 2. The van der Waals surface area contributed by atoms with Crippen LogP contribution in [-0.2, 0) is 0 Å². The quantitative estimate of drug-likeness (QED) is 0.475. The molecule has 3 aromatic rings. The number of furan rings is 2. The maximum Gasteiger partial charge on any atom is 0.294 e. The standard InChI is InChI=1S/C24H28N2O4/c1-5-17(3)25(23(27)21-9-7-15-29-21)19-11-13-20(14-12-19)26(18(4)6-2)24(28)22-10-8-16-30-22/h7-18H,5-6H2,1-4H3. The summed E-state index contributed by atoms with van der Waals surface area (Å²) in [6.07, 6.45) is 4.58. The monoisotopic (exact) mass is 408 g/mol. The molecule has 0 saturated carbocycles. The Kier molecular flexibility index (Phi) is 6.77. The van der Waals surface area contributed by atoms with Gasteiger partial charge < -0.3 is 18.6 Å². The zero-order valence-corrected chi connectivity index (χ0v) is 17.9. The number of anilines is 2. The summed E-state index contributed by atoms with van der Waals surface area (Å²) in [5.41, 5.74) is 1.51. The number of carbonyl (C=O) groups is 2. The molecular formula is C24H28N2O4.